The fourth-order valence-corrected chi connectivity index (χ4v) is 4.63. The highest BCUT2D eigenvalue weighted by molar-refractivity contribution is 5.99. The lowest BCUT2D eigenvalue weighted by Gasteiger charge is -2.46. The Balaban J connectivity index is 1.52. The molecule has 0 saturated heterocycles. The van der Waals surface area contributed by atoms with E-state index in [1.54, 1.807) is 0 Å². The van der Waals surface area contributed by atoms with Crippen LogP contribution in [0.15, 0.2) is 61.3 Å². The summed E-state index contributed by atoms with van der Waals surface area (Å²) in [4.78, 5) is 24.0. The SMILES string of the molecule is C=CC(=O)Nc1cccc(-n2cc(-c3ccc4c(c3)C3(CCC3)CNC4=O)c(C)n2)c1. The Hall–Kier alpha value is -3.67. The van der Waals surface area contributed by atoms with Gasteiger partial charge in [0.05, 0.1) is 11.4 Å². The molecular weight excluding hydrogens is 388 g/mol. The number of carbonyl (C=O) groups is 2. The summed E-state index contributed by atoms with van der Waals surface area (Å²) >= 11 is 0. The first kappa shape index (κ1) is 19.3. The Morgan fingerprint density at radius 1 is 1.23 bits per heavy atom. The second kappa shape index (κ2) is 7.23. The number of aromatic nitrogens is 2. The first-order chi connectivity index (χ1) is 15.0. The van der Waals surface area contributed by atoms with Crippen LogP contribution in [0.3, 0.4) is 0 Å². The quantitative estimate of drug-likeness (QED) is 0.633. The van der Waals surface area contributed by atoms with E-state index in [0.29, 0.717) is 5.69 Å². The van der Waals surface area contributed by atoms with Gasteiger partial charge in [-0.25, -0.2) is 4.68 Å². The highest BCUT2D eigenvalue weighted by Crippen LogP contribution is 2.47. The molecule has 1 fully saturated rings. The Bertz CT molecular complexity index is 1220. The zero-order valence-electron chi connectivity index (χ0n) is 17.4. The fraction of sp³-hybridized carbons (Fsp3) is 0.240. The average Bonchev–Trinajstić information content (AvgIpc) is 3.14. The van der Waals surface area contributed by atoms with E-state index >= 15 is 0 Å². The van der Waals surface area contributed by atoms with Gasteiger partial charge >= 0.3 is 0 Å². The van der Waals surface area contributed by atoms with Crippen LogP contribution in [0.4, 0.5) is 5.69 Å². The number of fused-ring (bicyclic) bond motifs is 2. The number of benzene rings is 2. The van der Waals surface area contributed by atoms with Crippen molar-refractivity contribution < 1.29 is 9.59 Å². The smallest absolute Gasteiger partial charge is 0.251 e. The van der Waals surface area contributed by atoms with E-state index in [0.717, 1.165) is 47.5 Å². The lowest BCUT2D eigenvalue weighted by molar-refractivity contribution is -0.111. The predicted octanol–water partition coefficient (Wildman–Crippen LogP) is 4.14. The lowest BCUT2D eigenvalue weighted by atomic mass is 9.61. The molecule has 5 rings (SSSR count). The molecule has 1 saturated carbocycles. The molecule has 156 valence electrons. The third-order valence-electron chi connectivity index (χ3n) is 6.51. The van der Waals surface area contributed by atoms with Crippen LogP contribution in [-0.2, 0) is 10.2 Å². The van der Waals surface area contributed by atoms with Crippen molar-refractivity contribution in [3.8, 4) is 16.8 Å². The Kier molecular flexibility index (Phi) is 4.50. The number of carbonyl (C=O) groups excluding carboxylic acids is 2. The molecule has 6 nitrogen and oxygen atoms in total. The van der Waals surface area contributed by atoms with E-state index in [-0.39, 0.29) is 17.2 Å². The predicted molar refractivity (Wildman–Crippen MR) is 120 cm³/mol. The molecule has 2 aliphatic rings. The molecule has 1 aliphatic heterocycles. The molecule has 31 heavy (non-hydrogen) atoms. The van der Waals surface area contributed by atoms with Crippen LogP contribution in [0.5, 0.6) is 0 Å². The van der Waals surface area contributed by atoms with Crippen molar-refractivity contribution in [2.45, 2.75) is 31.6 Å². The lowest BCUT2D eigenvalue weighted by Crippen LogP contribution is -2.50. The summed E-state index contributed by atoms with van der Waals surface area (Å²) in [5.41, 5.74) is 6.59. The van der Waals surface area contributed by atoms with Gasteiger partial charge in [-0.3, -0.25) is 9.59 Å². The molecule has 1 aliphatic carbocycles. The minimum atomic E-state index is -0.252. The summed E-state index contributed by atoms with van der Waals surface area (Å²) in [7, 11) is 0. The van der Waals surface area contributed by atoms with Gasteiger partial charge in [-0.05, 0) is 67.3 Å². The van der Waals surface area contributed by atoms with Crippen molar-refractivity contribution >= 4 is 17.5 Å². The molecule has 6 heteroatoms. The molecule has 2 N–H and O–H groups in total. The summed E-state index contributed by atoms with van der Waals surface area (Å²) < 4.78 is 1.82. The molecule has 0 radical (unpaired) electrons. The van der Waals surface area contributed by atoms with Crippen LogP contribution in [0.1, 0.15) is 40.9 Å². The van der Waals surface area contributed by atoms with Gasteiger partial charge in [-0.15, -0.1) is 0 Å². The van der Waals surface area contributed by atoms with Gasteiger partial charge in [0.25, 0.3) is 5.91 Å². The molecule has 0 atom stereocenters. The molecule has 0 unspecified atom stereocenters. The van der Waals surface area contributed by atoms with E-state index < -0.39 is 0 Å². The highest BCUT2D eigenvalue weighted by Gasteiger charge is 2.44. The van der Waals surface area contributed by atoms with Gasteiger partial charge in [-0.2, -0.15) is 5.10 Å². The third kappa shape index (κ3) is 3.24. The average molecular weight is 412 g/mol. The van der Waals surface area contributed by atoms with Crippen LogP contribution in [0, 0.1) is 6.92 Å². The van der Waals surface area contributed by atoms with Gasteiger partial charge in [0.1, 0.15) is 0 Å². The van der Waals surface area contributed by atoms with E-state index in [1.807, 2.05) is 54.2 Å². The number of hydrogen-bond donors (Lipinski definition) is 2. The van der Waals surface area contributed by atoms with E-state index in [2.05, 4.69) is 23.3 Å². The van der Waals surface area contributed by atoms with Crippen molar-refractivity contribution in [3.05, 3.63) is 78.1 Å². The van der Waals surface area contributed by atoms with Gasteiger partial charge in [0.2, 0.25) is 5.91 Å². The molecule has 0 bridgehead atoms. The minimum absolute atomic E-state index is 0.0184. The van der Waals surface area contributed by atoms with Crippen molar-refractivity contribution in [2.75, 3.05) is 11.9 Å². The maximum atomic E-state index is 12.4. The van der Waals surface area contributed by atoms with Crippen LogP contribution in [0.25, 0.3) is 16.8 Å². The number of nitrogens with one attached hydrogen (secondary N) is 2. The fourth-order valence-electron chi connectivity index (χ4n) is 4.63. The summed E-state index contributed by atoms with van der Waals surface area (Å²) in [5.74, 6) is -0.234. The van der Waals surface area contributed by atoms with Crippen LogP contribution in [0.2, 0.25) is 0 Å². The van der Waals surface area contributed by atoms with Crippen LogP contribution in [-0.4, -0.2) is 28.1 Å². The molecule has 2 heterocycles. The van der Waals surface area contributed by atoms with E-state index in [4.69, 9.17) is 5.10 Å². The van der Waals surface area contributed by atoms with Crippen molar-refractivity contribution in [1.82, 2.24) is 15.1 Å². The summed E-state index contributed by atoms with van der Waals surface area (Å²) in [6.45, 7) is 6.20. The van der Waals surface area contributed by atoms with Gasteiger partial charge < -0.3 is 10.6 Å². The maximum absolute atomic E-state index is 12.4. The summed E-state index contributed by atoms with van der Waals surface area (Å²) in [6.07, 6.45) is 6.68. The second-order valence-corrected chi connectivity index (χ2v) is 8.39. The first-order valence-corrected chi connectivity index (χ1v) is 10.5. The second-order valence-electron chi connectivity index (χ2n) is 8.39. The molecule has 1 aromatic heterocycles. The number of amides is 2. The number of hydrogen-bond acceptors (Lipinski definition) is 3. The van der Waals surface area contributed by atoms with E-state index in [1.165, 1.54) is 18.1 Å². The number of anilines is 1. The van der Waals surface area contributed by atoms with Gasteiger partial charge in [0.15, 0.2) is 0 Å². The highest BCUT2D eigenvalue weighted by atomic mass is 16.2. The minimum Gasteiger partial charge on any atom is -0.351 e. The summed E-state index contributed by atoms with van der Waals surface area (Å²) in [5, 5.41) is 10.5. The molecule has 2 amide bonds. The largest absolute Gasteiger partial charge is 0.351 e. The van der Waals surface area contributed by atoms with Crippen LogP contribution < -0.4 is 10.6 Å². The van der Waals surface area contributed by atoms with Crippen molar-refractivity contribution in [2.24, 2.45) is 0 Å². The zero-order chi connectivity index (χ0) is 21.6. The first-order valence-electron chi connectivity index (χ1n) is 10.5. The normalized spacial score (nSPS) is 16.2. The van der Waals surface area contributed by atoms with Crippen molar-refractivity contribution in [3.63, 3.8) is 0 Å². The molecular formula is C25H24N4O2. The van der Waals surface area contributed by atoms with Crippen LogP contribution >= 0.6 is 0 Å². The van der Waals surface area contributed by atoms with Gasteiger partial charge in [0, 0.05) is 35.0 Å². The number of nitrogens with zero attached hydrogens (tertiary/aromatic N) is 2. The van der Waals surface area contributed by atoms with Crippen molar-refractivity contribution in [1.29, 1.82) is 0 Å². The molecule has 2 aromatic carbocycles. The number of aryl methyl sites for hydroxylation is 1. The topological polar surface area (TPSA) is 76.0 Å². The monoisotopic (exact) mass is 412 g/mol. The molecule has 3 aromatic rings. The number of rotatable bonds is 4. The van der Waals surface area contributed by atoms with Gasteiger partial charge in [-0.1, -0.05) is 25.1 Å². The maximum Gasteiger partial charge on any atom is 0.251 e. The Morgan fingerprint density at radius 3 is 2.81 bits per heavy atom. The molecule has 1 spiro atoms. The third-order valence-corrected chi connectivity index (χ3v) is 6.51. The Labute approximate surface area is 181 Å². The standard InChI is InChI=1S/C25H24N4O2/c1-3-23(30)27-18-6-4-7-19(13-18)29-14-21(16(2)28-29)17-8-9-20-22(12-17)25(10-5-11-25)15-26-24(20)31/h3-4,6-9,12-14H,1,5,10-11,15H2,2H3,(H,26,31)(H,27,30). The Morgan fingerprint density at radius 2 is 2.06 bits per heavy atom. The summed E-state index contributed by atoms with van der Waals surface area (Å²) in [6, 6.07) is 13.7. The van der Waals surface area contributed by atoms with E-state index in [9.17, 15) is 9.59 Å². The zero-order valence-corrected chi connectivity index (χ0v) is 17.4.